The second kappa shape index (κ2) is 6.24. The number of amides is 2. The summed E-state index contributed by atoms with van der Waals surface area (Å²) in [5.74, 6) is -0.670. The van der Waals surface area contributed by atoms with Crippen LogP contribution in [0.3, 0.4) is 0 Å². The fourth-order valence-corrected chi connectivity index (χ4v) is 3.03. The zero-order chi connectivity index (χ0) is 19.1. The number of hydrogen-bond donors (Lipinski definition) is 1. The molecule has 0 fully saturated rings. The van der Waals surface area contributed by atoms with Gasteiger partial charge in [0, 0.05) is 7.05 Å². The van der Waals surface area contributed by atoms with Crippen LogP contribution in [0.2, 0.25) is 0 Å². The van der Waals surface area contributed by atoms with E-state index in [1.54, 1.807) is 31.3 Å². The summed E-state index contributed by atoms with van der Waals surface area (Å²) in [6.07, 6.45) is 1.76. The normalized spacial score (nSPS) is 16.0. The molecule has 4 rings (SSSR count). The first-order valence-electron chi connectivity index (χ1n) is 8.18. The lowest BCUT2D eigenvalue weighted by molar-refractivity contribution is -0.125. The Kier molecular flexibility index (Phi) is 3.87. The molecule has 27 heavy (non-hydrogen) atoms. The maximum absolute atomic E-state index is 12.9. The van der Waals surface area contributed by atoms with E-state index in [1.807, 2.05) is 0 Å². The van der Waals surface area contributed by atoms with Crippen molar-refractivity contribution in [1.82, 2.24) is 19.3 Å². The summed E-state index contributed by atoms with van der Waals surface area (Å²) < 4.78 is 8.24. The molecule has 3 heterocycles. The maximum Gasteiger partial charge on any atom is 0.264 e. The molecule has 1 aliphatic rings. The number of aromatic nitrogens is 4. The average molecular weight is 368 g/mol. The van der Waals surface area contributed by atoms with Crippen LogP contribution in [0.4, 0.5) is 5.69 Å². The Hall–Kier alpha value is -3.69. The van der Waals surface area contributed by atoms with Crippen LogP contribution >= 0.6 is 0 Å². The number of anilines is 1. The molecule has 0 bridgehead atoms. The number of fused-ring (bicyclic) bond motifs is 2. The van der Waals surface area contributed by atoms with Gasteiger partial charge in [0.1, 0.15) is 24.0 Å². The number of aryl methyl sites for hydroxylation is 1. The second-order valence-electron chi connectivity index (χ2n) is 6.16. The predicted octanol–water partition coefficient (Wildman–Crippen LogP) is -0.590. The molecule has 1 aliphatic heterocycles. The smallest absolute Gasteiger partial charge is 0.264 e. The molecule has 0 radical (unpaired) electrons. The molecule has 10 nitrogen and oxygen atoms in total. The molecule has 2 aromatic heterocycles. The van der Waals surface area contributed by atoms with Crippen molar-refractivity contribution in [2.45, 2.75) is 12.6 Å². The van der Waals surface area contributed by atoms with Crippen molar-refractivity contribution in [3.8, 4) is 5.75 Å². The van der Waals surface area contributed by atoms with Gasteiger partial charge in [0.15, 0.2) is 11.8 Å². The molecule has 1 atom stereocenters. The van der Waals surface area contributed by atoms with E-state index in [0.717, 1.165) is 0 Å². The lowest BCUT2D eigenvalue weighted by Crippen LogP contribution is -2.50. The number of carbonyl (C=O) groups is 2. The maximum atomic E-state index is 12.9. The van der Waals surface area contributed by atoms with Crippen LogP contribution in [-0.2, 0) is 23.2 Å². The molecule has 2 N–H and O–H groups in total. The number of hydrogen-bond acceptors (Lipinski definition) is 6. The Morgan fingerprint density at radius 3 is 2.89 bits per heavy atom. The molecule has 138 valence electrons. The van der Waals surface area contributed by atoms with Gasteiger partial charge < -0.3 is 15.4 Å². The molecule has 10 heteroatoms. The minimum Gasteiger partial charge on any atom is -0.477 e. The number of ether oxygens (including phenoxy) is 1. The fraction of sp³-hybridized carbons (Fsp3) is 0.235. The summed E-state index contributed by atoms with van der Waals surface area (Å²) in [5, 5.41) is 4.33. The molecule has 1 unspecified atom stereocenters. The fourth-order valence-electron chi connectivity index (χ4n) is 3.03. The van der Waals surface area contributed by atoms with E-state index >= 15 is 0 Å². The van der Waals surface area contributed by atoms with E-state index < -0.39 is 12.0 Å². The summed E-state index contributed by atoms with van der Waals surface area (Å²) in [4.78, 5) is 42.6. The van der Waals surface area contributed by atoms with Gasteiger partial charge in [-0.05, 0) is 12.1 Å². The monoisotopic (exact) mass is 368 g/mol. The minimum absolute atomic E-state index is 0.0253. The summed E-state index contributed by atoms with van der Waals surface area (Å²) >= 11 is 0. The predicted molar refractivity (Wildman–Crippen MR) is 95.2 cm³/mol. The largest absolute Gasteiger partial charge is 0.477 e. The highest BCUT2D eigenvalue weighted by atomic mass is 16.5. The molecule has 0 saturated heterocycles. The second-order valence-corrected chi connectivity index (χ2v) is 6.16. The van der Waals surface area contributed by atoms with Gasteiger partial charge in [0.2, 0.25) is 5.91 Å². The lowest BCUT2D eigenvalue weighted by atomic mass is 10.1. The third kappa shape index (κ3) is 2.80. The van der Waals surface area contributed by atoms with E-state index in [4.69, 9.17) is 10.5 Å². The van der Waals surface area contributed by atoms with Gasteiger partial charge in [-0.1, -0.05) is 12.1 Å². The van der Waals surface area contributed by atoms with Gasteiger partial charge in [-0.2, -0.15) is 5.10 Å². The van der Waals surface area contributed by atoms with Gasteiger partial charge >= 0.3 is 0 Å². The Morgan fingerprint density at radius 2 is 2.11 bits per heavy atom. The van der Waals surface area contributed by atoms with E-state index in [1.165, 1.54) is 26.7 Å². The molecule has 1 aromatic carbocycles. The first kappa shape index (κ1) is 16.8. The SMILES string of the molecule is Cn1ncc2c(=O)n(CC(=O)N3CC(C(N)=O)Oc4ccccc43)cnc21. The molecular formula is C17H16N6O4. The number of benzene rings is 1. The summed E-state index contributed by atoms with van der Waals surface area (Å²) in [5.41, 5.74) is 5.94. The Bertz CT molecular complexity index is 1120. The Balaban J connectivity index is 1.67. The summed E-state index contributed by atoms with van der Waals surface area (Å²) in [6.45, 7) is -0.265. The summed E-state index contributed by atoms with van der Waals surface area (Å²) in [7, 11) is 1.68. The van der Waals surface area contributed by atoms with Crippen molar-refractivity contribution in [1.29, 1.82) is 0 Å². The third-order valence-corrected chi connectivity index (χ3v) is 4.42. The van der Waals surface area contributed by atoms with E-state index in [9.17, 15) is 14.4 Å². The number of nitrogens with two attached hydrogens (primary N) is 1. The molecule has 0 saturated carbocycles. The van der Waals surface area contributed by atoms with Gasteiger partial charge in [-0.15, -0.1) is 0 Å². The van der Waals surface area contributed by atoms with Crippen LogP contribution in [0, 0.1) is 0 Å². The first-order chi connectivity index (χ1) is 13.0. The van der Waals surface area contributed by atoms with Crippen molar-refractivity contribution >= 4 is 28.5 Å². The van der Waals surface area contributed by atoms with Crippen LogP contribution < -0.4 is 20.9 Å². The lowest BCUT2D eigenvalue weighted by Gasteiger charge is -2.33. The minimum atomic E-state index is -0.959. The van der Waals surface area contributed by atoms with E-state index in [-0.39, 0.29) is 24.6 Å². The van der Waals surface area contributed by atoms with Gasteiger partial charge in [0.05, 0.1) is 18.4 Å². The van der Waals surface area contributed by atoms with Crippen molar-refractivity contribution in [3.05, 3.63) is 47.1 Å². The van der Waals surface area contributed by atoms with Crippen LogP contribution in [-0.4, -0.2) is 43.8 Å². The average Bonchev–Trinajstić information content (AvgIpc) is 3.04. The van der Waals surface area contributed by atoms with Gasteiger partial charge in [-0.3, -0.25) is 23.6 Å². The van der Waals surface area contributed by atoms with Crippen LogP contribution in [0.1, 0.15) is 0 Å². The highest BCUT2D eigenvalue weighted by molar-refractivity contribution is 5.97. The third-order valence-electron chi connectivity index (χ3n) is 4.42. The van der Waals surface area contributed by atoms with Crippen LogP contribution in [0.5, 0.6) is 5.75 Å². The molecular weight excluding hydrogens is 352 g/mol. The zero-order valence-electron chi connectivity index (χ0n) is 14.4. The Labute approximate surface area is 152 Å². The molecule has 0 aliphatic carbocycles. The van der Waals surface area contributed by atoms with Crippen molar-refractivity contribution in [2.75, 3.05) is 11.4 Å². The van der Waals surface area contributed by atoms with Crippen molar-refractivity contribution < 1.29 is 14.3 Å². The van der Waals surface area contributed by atoms with Gasteiger partial charge in [-0.25, -0.2) is 4.98 Å². The van der Waals surface area contributed by atoms with Crippen molar-refractivity contribution in [3.63, 3.8) is 0 Å². The van der Waals surface area contributed by atoms with Crippen LogP contribution in [0.25, 0.3) is 11.0 Å². The molecule has 3 aromatic rings. The van der Waals surface area contributed by atoms with E-state index in [0.29, 0.717) is 22.5 Å². The van der Waals surface area contributed by atoms with Crippen LogP contribution in [0.15, 0.2) is 41.6 Å². The highest BCUT2D eigenvalue weighted by Crippen LogP contribution is 2.33. The number of para-hydroxylation sites is 2. The standard InChI is InChI=1S/C17H16N6O4/c1-21-16-10(6-20-21)17(26)22(9-19-16)8-14(24)23-7-13(15(18)25)27-12-5-3-2-4-11(12)23/h2-6,9,13H,7-8H2,1H3,(H2,18,25). The first-order valence-corrected chi connectivity index (χ1v) is 8.18. The zero-order valence-corrected chi connectivity index (χ0v) is 14.4. The van der Waals surface area contributed by atoms with E-state index in [2.05, 4.69) is 10.1 Å². The number of primary amides is 1. The number of nitrogens with zero attached hydrogens (tertiary/aromatic N) is 5. The van der Waals surface area contributed by atoms with Gasteiger partial charge in [0.25, 0.3) is 11.5 Å². The highest BCUT2D eigenvalue weighted by Gasteiger charge is 2.32. The molecule has 0 spiro atoms. The summed E-state index contributed by atoms with van der Waals surface area (Å²) in [6, 6.07) is 6.84. The quantitative estimate of drug-likeness (QED) is 0.659. The topological polar surface area (TPSA) is 125 Å². The number of rotatable bonds is 3. The molecule has 2 amide bonds. The Morgan fingerprint density at radius 1 is 1.33 bits per heavy atom. The number of carbonyl (C=O) groups excluding carboxylic acids is 2. The van der Waals surface area contributed by atoms with Crippen molar-refractivity contribution in [2.24, 2.45) is 12.8 Å².